The smallest absolute Gasteiger partial charge is 0.164 e. The van der Waals surface area contributed by atoms with Gasteiger partial charge in [0, 0.05) is 16.7 Å². The van der Waals surface area contributed by atoms with Crippen LogP contribution in [0.5, 0.6) is 0 Å². The van der Waals surface area contributed by atoms with Gasteiger partial charge in [-0.15, -0.1) is 11.6 Å². The predicted octanol–water partition coefficient (Wildman–Crippen LogP) is 6.47. The van der Waals surface area contributed by atoms with Crippen LogP contribution in [-0.2, 0) is 9.59 Å². The van der Waals surface area contributed by atoms with E-state index in [1.807, 2.05) is 60.6 Å². The normalized spacial score (nSPS) is 26.4. The highest BCUT2D eigenvalue weighted by Gasteiger charge is 2.40. The minimum absolute atomic E-state index is 0.191. The van der Waals surface area contributed by atoms with Gasteiger partial charge in [0.25, 0.3) is 0 Å². The van der Waals surface area contributed by atoms with Gasteiger partial charge in [-0.25, -0.2) is 0 Å². The first-order chi connectivity index (χ1) is 12.3. The van der Waals surface area contributed by atoms with Gasteiger partial charge in [-0.2, -0.15) is 0 Å². The summed E-state index contributed by atoms with van der Waals surface area (Å²) >= 11 is 5.77. The van der Waals surface area contributed by atoms with E-state index in [9.17, 15) is 9.59 Å². The Morgan fingerprint density at radius 3 is 1.70 bits per heavy atom. The molecule has 0 fully saturated rings. The molecule has 27 heavy (non-hydrogen) atoms. The van der Waals surface area contributed by atoms with E-state index in [-0.39, 0.29) is 28.3 Å². The van der Waals surface area contributed by atoms with Crippen LogP contribution < -0.4 is 0 Å². The molecule has 2 nitrogen and oxygen atoms in total. The molecular formula is C24H35ClO2. The van der Waals surface area contributed by atoms with Crippen LogP contribution in [0.3, 0.4) is 0 Å². The van der Waals surface area contributed by atoms with Crippen molar-refractivity contribution < 1.29 is 9.59 Å². The molecule has 150 valence electrons. The Kier molecular flexibility index (Phi) is 7.64. The predicted molar refractivity (Wildman–Crippen MR) is 116 cm³/mol. The Labute approximate surface area is 170 Å². The third-order valence-electron chi connectivity index (χ3n) is 6.21. The third-order valence-corrected chi connectivity index (χ3v) is 6.55. The molecule has 0 spiro atoms. The Morgan fingerprint density at radius 1 is 0.963 bits per heavy atom. The Hall–Kier alpha value is -1.41. The molecule has 0 heterocycles. The monoisotopic (exact) mass is 390 g/mol. The summed E-state index contributed by atoms with van der Waals surface area (Å²) in [7, 11) is 0. The van der Waals surface area contributed by atoms with Crippen molar-refractivity contribution in [2.75, 3.05) is 5.88 Å². The van der Waals surface area contributed by atoms with Gasteiger partial charge in [-0.05, 0) is 56.6 Å². The highest BCUT2D eigenvalue weighted by Crippen LogP contribution is 2.42. The lowest BCUT2D eigenvalue weighted by atomic mass is 9.66. The lowest BCUT2D eigenvalue weighted by Gasteiger charge is -2.37. The van der Waals surface area contributed by atoms with E-state index < -0.39 is 0 Å². The molecule has 0 amide bonds. The summed E-state index contributed by atoms with van der Waals surface area (Å²) in [5.41, 5.74) is 3.25. The van der Waals surface area contributed by atoms with Crippen LogP contribution in [0, 0.1) is 22.7 Å². The SMILES string of the molecule is C=C(C)[C@@H]1CC=C(C)C(=O)C1(C)C.C=C(CCl)[C@@H]1CC=C(C)C(=O)C1(C)C. The lowest BCUT2D eigenvalue weighted by Crippen LogP contribution is -2.37. The molecule has 0 bridgehead atoms. The number of hydrogen-bond donors (Lipinski definition) is 0. The molecule has 0 aromatic carbocycles. The van der Waals surface area contributed by atoms with Crippen LogP contribution in [0.1, 0.15) is 61.3 Å². The molecule has 0 unspecified atom stereocenters. The zero-order valence-electron chi connectivity index (χ0n) is 18.0. The van der Waals surface area contributed by atoms with E-state index >= 15 is 0 Å². The fraction of sp³-hybridized carbons (Fsp3) is 0.583. The van der Waals surface area contributed by atoms with Gasteiger partial charge < -0.3 is 0 Å². The molecule has 0 N–H and O–H groups in total. The van der Waals surface area contributed by atoms with Crippen LogP contribution in [0.25, 0.3) is 0 Å². The van der Waals surface area contributed by atoms with Crippen molar-refractivity contribution in [3.8, 4) is 0 Å². The molecule has 0 aromatic heterocycles. The molecule has 0 saturated heterocycles. The fourth-order valence-electron chi connectivity index (χ4n) is 4.28. The van der Waals surface area contributed by atoms with Gasteiger partial charge >= 0.3 is 0 Å². The maximum atomic E-state index is 11.9. The van der Waals surface area contributed by atoms with Crippen LogP contribution in [0.15, 0.2) is 47.6 Å². The fourth-order valence-corrected chi connectivity index (χ4v) is 4.47. The van der Waals surface area contributed by atoms with Gasteiger partial charge in [0.05, 0.1) is 0 Å². The number of rotatable bonds is 3. The van der Waals surface area contributed by atoms with Crippen molar-refractivity contribution in [1.29, 1.82) is 0 Å². The van der Waals surface area contributed by atoms with Crippen molar-refractivity contribution in [3.05, 3.63) is 47.6 Å². The summed E-state index contributed by atoms with van der Waals surface area (Å²) in [6.45, 7) is 21.7. The quantitative estimate of drug-likeness (QED) is 0.409. The van der Waals surface area contributed by atoms with Crippen LogP contribution in [-0.4, -0.2) is 17.4 Å². The third kappa shape index (κ3) is 4.90. The first kappa shape index (κ1) is 23.6. The van der Waals surface area contributed by atoms with Gasteiger partial charge in [0.1, 0.15) is 0 Å². The summed E-state index contributed by atoms with van der Waals surface area (Å²) < 4.78 is 0. The van der Waals surface area contributed by atoms with Crippen molar-refractivity contribution in [3.63, 3.8) is 0 Å². The second kappa shape index (κ2) is 8.73. The van der Waals surface area contributed by atoms with E-state index in [1.165, 1.54) is 0 Å². The molecule has 0 aliphatic heterocycles. The first-order valence-electron chi connectivity index (χ1n) is 9.60. The van der Waals surface area contributed by atoms with E-state index in [0.29, 0.717) is 11.8 Å². The van der Waals surface area contributed by atoms with Crippen molar-refractivity contribution in [1.82, 2.24) is 0 Å². The second-order valence-corrected chi connectivity index (χ2v) is 9.36. The standard InChI is InChI=1S/C12H17ClO.C12H18O/c1-8-5-6-10(9(2)7-13)12(3,4)11(8)14;1-8(2)10-7-6-9(3)11(13)12(10,4)5/h5,10H,2,6-7H2,1,3-4H3;6,10H,1,7H2,2-5H3/t2*10-/m00/s1. The summed E-state index contributed by atoms with van der Waals surface area (Å²) in [5, 5.41) is 0. The largest absolute Gasteiger partial charge is 0.294 e. The summed E-state index contributed by atoms with van der Waals surface area (Å²) in [6, 6.07) is 0. The van der Waals surface area contributed by atoms with Gasteiger partial charge in [-0.3, -0.25) is 9.59 Å². The molecule has 3 heteroatoms. The molecule has 2 rings (SSSR count). The molecule has 2 aliphatic carbocycles. The Balaban J connectivity index is 0.000000271. The van der Waals surface area contributed by atoms with Gasteiger partial charge in [0.15, 0.2) is 11.6 Å². The van der Waals surface area contributed by atoms with Crippen molar-refractivity contribution in [2.24, 2.45) is 22.7 Å². The number of allylic oxidation sites excluding steroid dienone is 6. The highest BCUT2D eigenvalue weighted by molar-refractivity contribution is 6.19. The average molecular weight is 391 g/mol. The number of alkyl halides is 1. The molecule has 0 radical (unpaired) electrons. The Morgan fingerprint density at radius 2 is 1.33 bits per heavy atom. The highest BCUT2D eigenvalue weighted by atomic mass is 35.5. The van der Waals surface area contributed by atoms with Crippen LogP contribution >= 0.6 is 11.6 Å². The molecule has 0 saturated carbocycles. The van der Waals surface area contributed by atoms with E-state index in [0.717, 1.165) is 35.1 Å². The summed E-state index contributed by atoms with van der Waals surface area (Å²) in [5.74, 6) is 1.43. The van der Waals surface area contributed by atoms with Crippen LogP contribution in [0.4, 0.5) is 0 Å². The number of halogens is 1. The van der Waals surface area contributed by atoms with Crippen molar-refractivity contribution >= 4 is 23.2 Å². The Bertz CT molecular complexity index is 704. The number of carbonyl (C=O) groups is 2. The molecular weight excluding hydrogens is 356 g/mol. The summed E-state index contributed by atoms with van der Waals surface area (Å²) in [6.07, 6.45) is 5.87. The summed E-state index contributed by atoms with van der Waals surface area (Å²) in [4.78, 5) is 23.8. The average Bonchev–Trinajstić information content (AvgIpc) is 2.57. The first-order valence-corrected chi connectivity index (χ1v) is 10.1. The number of ketones is 2. The van der Waals surface area contributed by atoms with E-state index in [1.54, 1.807) is 0 Å². The minimum atomic E-state index is -0.342. The van der Waals surface area contributed by atoms with E-state index in [4.69, 9.17) is 11.6 Å². The molecule has 2 aliphatic rings. The molecule has 2 atom stereocenters. The topological polar surface area (TPSA) is 34.1 Å². The minimum Gasteiger partial charge on any atom is -0.294 e. The maximum Gasteiger partial charge on any atom is 0.164 e. The lowest BCUT2D eigenvalue weighted by molar-refractivity contribution is -0.126. The maximum absolute atomic E-state index is 11.9. The van der Waals surface area contributed by atoms with Gasteiger partial charge in [-0.1, -0.05) is 64.2 Å². The number of hydrogen-bond acceptors (Lipinski definition) is 2. The molecule has 0 aromatic rings. The second-order valence-electron chi connectivity index (χ2n) is 9.09. The zero-order chi connectivity index (χ0) is 21.2. The zero-order valence-corrected chi connectivity index (χ0v) is 18.8. The van der Waals surface area contributed by atoms with Crippen molar-refractivity contribution in [2.45, 2.75) is 61.3 Å². The van der Waals surface area contributed by atoms with E-state index in [2.05, 4.69) is 13.2 Å². The number of Topliss-reactive ketones (excluding diaryl/α,β-unsaturated/α-hetero) is 2. The van der Waals surface area contributed by atoms with Gasteiger partial charge in [0.2, 0.25) is 0 Å². The van der Waals surface area contributed by atoms with Crippen LogP contribution in [0.2, 0.25) is 0 Å². The number of carbonyl (C=O) groups excluding carboxylic acids is 2.